The van der Waals surface area contributed by atoms with Crippen molar-refractivity contribution in [3.05, 3.63) is 45.4 Å². The van der Waals surface area contributed by atoms with Gasteiger partial charge in [-0.3, -0.25) is 0 Å². The smallest absolute Gasteiger partial charge is 0.235 e. The first kappa shape index (κ1) is 11.3. The van der Waals surface area contributed by atoms with Crippen LogP contribution in [0.1, 0.15) is 11.1 Å². The van der Waals surface area contributed by atoms with Gasteiger partial charge in [0.2, 0.25) is 5.88 Å². The van der Waals surface area contributed by atoms with E-state index in [0.29, 0.717) is 5.88 Å². The van der Waals surface area contributed by atoms with Crippen LogP contribution < -0.4 is 4.74 Å². The lowest BCUT2D eigenvalue weighted by atomic mass is 10.1. The number of ether oxygens (including phenoxy) is 1. The third-order valence-corrected chi connectivity index (χ3v) is 2.92. The number of benzene rings is 1. The zero-order valence-electron chi connectivity index (χ0n) is 9.07. The van der Waals surface area contributed by atoms with Gasteiger partial charge in [0.25, 0.3) is 0 Å². The topological polar surface area (TPSA) is 35.0 Å². The van der Waals surface area contributed by atoms with E-state index in [1.807, 2.05) is 26.0 Å². The number of rotatable bonds is 2. The maximum Gasteiger partial charge on any atom is 0.235 e. The van der Waals surface area contributed by atoms with Crippen LogP contribution in [0.4, 0.5) is 0 Å². The molecule has 0 radical (unpaired) electrons. The van der Waals surface area contributed by atoms with Crippen LogP contribution in [-0.4, -0.2) is 9.97 Å². The summed E-state index contributed by atoms with van der Waals surface area (Å²) in [4.78, 5) is 8.03. The summed E-state index contributed by atoms with van der Waals surface area (Å²) in [6.45, 7) is 4.06. The SMILES string of the molecule is Cc1ccc(C)c(Oc2ncncc2I)c1. The highest BCUT2D eigenvalue weighted by Gasteiger charge is 2.06. The molecule has 0 aliphatic carbocycles. The second kappa shape index (κ2) is 4.78. The summed E-state index contributed by atoms with van der Waals surface area (Å²) in [7, 11) is 0. The Labute approximate surface area is 108 Å². The van der Waals surface area contributed by atoms with E-state index in [1.165, 1.54) is 11.9 Å². The maximum absolute atomic E-state index is 5.76. The molecule has 1 heterocycles. The Kier molecular flexibility index (Phi) is 3.38. The first-order valence-electron chi connectivity index (χ1n) is 4.87. The molecule has 0 saturated heterocycles. The second-order valence-corrected chi connectivity index (χ2v) is 4.71. The predicted octanol–water partition coefficient (Wildman–Crippen LogP) is 3.49. The largest absolute Gasteiger partial charge is 0.438 e. The molecule has 2 aromatic rings. The van der Waals surface area contributed by atoms with Gasteiger partial charge in [-0.05, 0) is 53.6 Å². The number of hydrogen-bond donors (Lipinski definition) is 0. The minimum Gasteiger partial charge on any atom is -0.438 e. The number of hydrogen-bond acceptors (Lipinski definition) is 3. The quantitative estimate of drug-likeness (QED) is 0.793. The molecule has 82 valence electrons. The van der Waals surface area contributed by atoms with Crippen molar-refractivity contribution in [1.82, 2.24) is 9.97 Å². The van der Waals surface area contributed by atoms with E-state index in [2.05, 4.69) is 38.6 Å². The number of halogens is 1. The van der Waals surface area contributed by atoms with Gasteiger partial charge in [0.05, 0.1) is 3.57 Å². The molecule has 3 nitrogen and oxygen atoms in total. The highest BCUT2D eigenvalue weighted by Crippen LogP contribution is 2.27. The van der Waals surface area contributed by atoms with Gasteiger partial charge in [0.1, 0.15) is 12.1 Å². The third-order valence-electron chi connectivity index (χ3n) is 2.18. The highest BCUT2D eigenvalue weighted by atomic mass is 127. The Morgan fingerprint density at radius 3 is 2.81 bits per heavy atom. The van der Waals surface area contributed by atoms with Crippen LogP contribution in [0.15, 0.2) is 30.7 Å². The summed E-state index contributed by atoms with van der Waals surface area (Å²) in [5.74, 6) is 1.45. The van der Waals surface area contributed by atoms with Gasteiger partial charge in [-0.1, -0.05) is 12.1 Å². The van der Waals surface area contributed by atoms with Gasteiger partial charge in [-0.25, -0.2) is 9.97 Å². The molecular formula is C12H11IN2O. The molecule has 0 fully saturated rings. The molecule has 4 heteroatoms. The minimum absolute atomic E-state index is 0.601. The van der Waals surface area contributed by atoms with Crippen LogP contribution in [0.5, 0.6) is 11.6 Å². The maximum atomic E-state index is 5.76. The van der Waals surface area contributed by atoms with E-state index in [-0.39, 0.29) is 0 Å². The fraction of sp³-hybridized carbons (Fsp3) is 0.167. The van der Waals surface area contributed by atoms with Crippen molar-refractivity contribution in [3.63, 3.8) is 0 Å². The van der Waals surface area contributed by atoms with Crippen molar-refractivity contribution in [2.75, 3.05) is 0 Å². The van der Waals surface area contributed by atoms with E-state index < -0.39 is 0 Å². The van der Waals surface area contributed by atoms with Gasteiger partial charge < -0.3 is 4.74 Å². The van der Waals surface area contributed by atoms with Crippen LogP contribution in [0.3, 0.4) is 0 Å². The third kappa shape index (κ3) is 2.49. The zero-order valence-corrected chi connectivity index (χ0v) is 11.2. The van der Waals surface area contributed by atoms with E-state index in [1.54, 1.807) is 6.20 Å². The average molecular weight is 326 g/mol. The first-order chi connectivity index (χ1) is 7.66. The summed E-state index contributed by atoms with van der Waals surface area (Å²) >= 11 is 2.16. The molecular weight excluding hydrogens is 315 g/mol. The molecule has 0 aliphatic heterocycles. The Balaban J connectivity index is 2.34. The van der Waals surface area contributed by atoms with E-state index in [9.17, 15) is 0 Å². The van der Waals surface area contributed by atoms with Crippen LogP contribution >= 0.6 is 22.6 Å². The van der Waals surface area contributed by atoms with Crippen LogP contribution in [0, 0.1) is 17.4 Å². The molecule has 0 unspecified atom stereocenters. The second-order valence-electron chi connectivity index (χ2n) is 3.55. The molecule has 0 amide bonds. The first-order valence-corrected chi connectivity index (χ1v) is 5.95. The van der Waals surface area contributed by atoms with Gasteiger partial charge in [-0.2, -0.15) is 0 Å². The average Bonchev–Trinajstić information content (AvgIpc) is 2.27. The van der Waals surface area contributed by atoms with Crippen molar-refractivity contribution in [2.45, 2.75) is 13.8 Å². The van der Waals surface area contributed by atoms with Crippen molar-refractivity contribution < 1.29 is 4.74 Å². The molecule has 0 spiro atoms. The highest BCUT2D eigenvalue weighted by molar-refractivity contribution is 14.1. The Bertz CT molecular complexity index is 514. The zero-order chi connectivity index (χ0) is 11.5. The Morgan fingerprint density at radius 1 is 1.25 bits per heavy atom. The molecule has 0 N–H and O–H groups in total. The number of nitrogens with zero attached hydrogens (tertiary/aromatic N) is 2. The molecule has 0 saturated carbocycles. The normalized spacial score (nSPS) is 10.2. The van der Waals surface area contributed by atoms with E-state index in [4.69, 9.17) is 4.74 Å². The Hall–Kier alpha value is -1.17. The molecule has 1 aromatic heterocycles. The monoisotopic (exact) mass is 326 g/mol. The van der Waals surface area contributed by atoms with Gasteiger partial charge >= 0.3 is 0 Å². The molecule has 16 heavy (non-hydrogen) atoms. The van der Waals surface area contributed by atoms with Crippen LogP contribution in [-0.2, 0) is 0 Å². The molecule has 2 rings (SSSR count). The minimum atomic E-state index is 0.601. The number of aryl methyl sites for hydroxylation is 2. The Morgan fingerprint density at radius 2 is 2.06 bits per heavy atom. The predicted molar refractivity (Wildman–Crippen MR) is 70.7 cm³/mol. The lowest BCUT2D eigenvalue weighted by Crippen LogP contribution is -1.94. The van der Waals surface area contributed by atoms with Gasteiger partial charge in [-0.15, -0.1) is 0 Å². The van der Waals surface area contributed by atoms with Crippen molar-refractivity contribution in [2.24, 2.45) is 0 Å². The summed E-state index contributed by atoms with van der Waals surface area (Å²) in [5.41, 5.74) is 2.27. The standard InChI is InChI=1S/C12H11IN2O/c1-8-3-4-9(2)11(5-8)16-12-10(13)6-14-7-15-12/h3-7H,1-2H3. The summed E-state index contributed by atoms with van der Waals surface area (Å²) in [6, 6.07) is 6.11. The molecule has 0 aliphatic rings. The lowest BCUT2D eigenvalue weighted by Gasteiger charge is -2.09. The fourth-order valence-corrected chi connectivity index (χ4v) is 1.71. The van der Waals surface area contributed by atoms with Crippen molar-refractivity contribution in [3.8, 4) is 11.6 Å². The summed E-state index contributed by atoms with van der Waals surface area (Å²) in [5, 5.41) is 0. The van der Waals surface area contributed by atoms with Crippen LogP contribution in [0.2, 0.25) is 0 Å². The molecule has 1 aromatic carbocycles. The van der Waals surface area contributed by atoms with Gasteiger partial charge in [0, 0.05) is 6.20 Å². The van der Waals surface area contributed by atoms with Gasteiger partial charge in [0.15, 0.2) is 0 Å². The molecule has 0 atom stereocenters. The van der Waals surface area contributed by atoms with Crippen molar-refractivity contribution in [1.29, 1.82) is 0 Å². The van der Waals surface area contributed by atoms with E-state index >= 15 is 0 Å². The van der Waals surface area contributed by atoms with Crippen LogP contribution in [0.25, 0.3) is 0 Å². The number of aromatic nitrogens is 2. The van der Waals surface area contributed by atoms with E-state index in [0.717, 1.165) is 14.9 Å². The fourth-order valence-electron chi connectivity index (χ4n) is 1.30. The summed E-state index contributed by atoms with van der Waals surface area (Å²) in [6.07, 6.45) is 3.22. The lowest BCUT2D eigenvalue weighted by molar-refractivity contribution is 0.454. The molecule has 0 bridgehead atoms. The van der Waals surface area contributed by atoms with Crippen molar-refractivity contribution >= 4 is 22.6 Å². The summed E-state index contributed by atoms with van der Waals surface area (Å²) < 4.78 is 6.67.